The third-order valence-electron chi connectivity index (χ3n) is 2.35. The van der Waals surface area contributed by atoms with Crippen LogP contribution in [0, 0.1) is 0 Å². The molecule has 0 saturated carbocycles. The van der Waals surface area contributed by atoms with Gasteiger partial charge in [-0.2, -0.15) is 0 Å². The summed E-state index contributed by atoms with van der Waals surface area (Å²) >= 11 is 0. The smallest absolute Gasteiger partial charge is 0.124 e. The van der Waals surface area contributed by atoms with Crippen LogP contribution in [0.3, 0.4) is 0 Å². The Bertz CT molecular complexity index is 498. The van der Waals surface area contributed by atoms with Crippen LogP contribution in [0.15, 0.2) is 0 Å². The predicted octanol–water partition coefficient (Wildman–Crippen LogP) is -14.4. The average Bonchev–Trinajstić information content (AvgIpc) is 2.64. The first-order valence-electron chi connectivity index (χ1n) is 6.73. The van der Waals surface area contributed by atoms with Crippen molar-refractivity contribution in [2.24, 2.45) is 0 Å². The minimum atomic E-state index is -2.44. The predicted molar refractivity (Wildman–Crippen MR) is 66.1 cm³/mol. The molecule has 0 amide bonds. The summed E-state index contributed by atoms with van der Waals surface area (Å²) in [7, 11) is 0. The number of carbonyl (C=O) groups is 6. The molecule has 2 radical (unpaired) electrons. The van der Waals surface area contributed by atoms with E-state index in [2.05, 4.69) is 0 Å². The van der Waals surface area contributed by atoms with Crippen molar-refractivity contribution in [1.82, 2.24) is 0 Å². The number of aliphatic carboxylic acids is 6. The Labute approximate surface area is 199 Å². The molecule has 32 heavy (non-hydrogen) atoms. The van der Waals surface area contributed by atoms with Gasteiger partial charge < -0.3 is 90.0 Å². The molecule has 20 heteroatoms. The van der Waals surface area contributed by atoms with Crippen molar-refractivity contribution in [3.05, 3.63) is 0 Å². The number of carboxylic acid groups (broad SMARTS) is 6. The molecule has 0 fully saturated rings. The zero-order valence-electron chi connectivity index (χ0n) is 14.9. The first-order chi connectivity index (χ1) is 13.4. The van der Waals surface area contributed by atoms with Gasteiger partial charge in [0.05, 0.1) is 35.8 Å². The Balaban J connectivity index is -0.000000110. The van der Waals surface area contributed by atoms with Gasteiger partial charge in [0.15, 0.2) is 0 Å². The first kappa shape index (κ1) is 40.1. The average molecular weight is 546 g/mol. The van der Waals surface area contributed by atoms with Gasteiger partial charge in [-0.05, 0) is 0 Å². The zero-order valence-corrected chi connectivity index (χ0v) is 17.7. The van der Waals surface area contributed by atoms with E-state index < -0.39 is 72.4 Å². The molecule has 0 spiro atoms. The number of aliphatic hydroxyl groups is 6. The number of carboxylic acids is 6. The van der Waals surface area contributed by atoms with E-state index in [1.54, 1.807) is 0 Å². The van der Waals surface area contributed by atoms with Crippen LogP contribution < -0.4 is 30.6 Å². The molecule has 6 unspecified atom stereocenters. The summed E-state index contributed by atoms with van der Waals surface area (Å²) in [5.74, 6) is -12.4. The van der Waals surface area contributed by atoms with Crippen molar-refractivity contribution in [1.29, 1.82) is 0 Å². The van der Waals surface area contributed by atoms with Gasteiger partial charge in [-0.25, -0.2) is 0 Å². The molecule has 0 aromatic heterocycles. The second kappa shape index (κ2) is 19.4. The van der Waals surface area contributed by atoms with Gasteiger partial charge in [-0.1, -0.05) is 0 Å². The van der Waals surface area contributed by atoms with Crippen LogP contribution in [0.2, 0.25) is 0 Å². The van der Waals surface area contributed by atoms with Gasteiger partial charge in [0.1, 0.15) is 36.6 Å². The number of rotatable bonds is 9. The summed E-state index contributed by atoms with van der Waals surface area (Å²) in [5.41, 5.74) is 0. The van der Waals surface area contributed by atoms with Crippen molar-refractivity contribution in [2.75, 3.05) is 0 Å². The van der Waals surface area contributed by atoms with E-state index in [0.29, 0.717) is 0 Å². The maximum atomic E-state index is 9.63. The third kappa shape index (κ3) is 17.4. The maximum Gasteiger partial charge on any atom is 0.124 e. The normalized spacial score (nSPS) is 14.8. The van der Waals surface area contributed by atoms with Gasteiger partial charge >= 0.3 is 0 Å². The summed E-state index contributed by atoms with van der Waals surface area (Å²) in [5, 5.41) is 107. The van der Waals surface area contributed by atoms with Crippen LogP contribution in [-0.4, -0.2) is 103 Å². The van der Waals surface area contributed by atoms with Crippen molar-refractivity contribution in [3.8, 4) is 0 Å². The van der Waals surface area contributed by atoms with Crippen molar-refractivity contribution in [2.45, 2.75) is 36.6 Å². The van der Waals surface area contributed by atoms with Crippen LogP contribution in [0.25, 0.3) is 0 Å². The van der Waals surface area contributed by atoms with Crippen LogP contribution in [0.1, 0.15) is 0 Å². The van der Waals surface area contributed by atoms with E-state index in [9.17, 15) is 59.4 Å². The summed E-state index contributed by atoms with van der Waals surface area (Å²) in [6, 6.07) is 0. The van der Waals surface area contributed by atoms with E-state index >= 15 is 0 Å². The van der Waals surface area contributed by atoms with Crippen molar-refractivity contribution in [3.63, 3.8) is 0 Å². The summed E-state index contributed by atoms with van der Waals surface area (Å²) in [4.78, 5) is 57.8. The van der Waals surface area contributed by atoms with Crippen LogP contribution in [0.4, 0.5) is 0 Å². The number of hydrogen-bond acceptors (Lipinski definition) is 18. The minimum absolute atomic E-state index is 0. The molecule has 0 aliphatic heterocycles. The fraction of sp³-hybridized carbons (Fsp3) is 0.500. The maximum absolute atomic E-state index is 9.63. The molecule has 0 aromatic carbocycles. The van der Waals surface area contributed by atoms with E-state index in [1.807, 2.05) is 0 Å². The van der Waals surface area contributed by atoms with Gasteiger partial charge in [0.2, 0.25) is 0 Å². The summed E-state index contributed by atoms with van der Waals surface area (Å²) < 4.78 is 0. The quantitative estimate of drug-likeness (QED) is 0.156. The van der Waals surface area contributed by atoms with E-state index in [0.717, 1.165) is 0 Å². The fourth-order valence-electron chi connectivity index (χ4n) is 0.773. The molecule has 0 aromatic rings. The molecular formula is C12H12O18V2-6. The molecule has 6 N–H and O–H groups in total. The topological polar surface area (TPSA) is 362 Å². The van der Waals surface area contributed by atoms with Crippen LogP contribution >= 0.6 is 0 Å². The number of aliphatic hydroxyl groups excluding tert-OH is 6. The second-order valence-corrected chi connectivity index (χ2v) is 4.58. The van der Waals surface area contributed by atoms with Gasteiger partial charge in [-0.15, -0.1) is 0 Å². The summed E-state index contributed by atoms with van der Waals surface area (Å²) in [6.07, 6.45) is -14.6. The Hall–Kier alpha value is -2.25. The van der Waals surface area contributed by atoms with E-state index in [1.165, 1.54) is 0 Å². The largest absolute Gasteiger partial charge is 0.547 e. The van der Waals surface area contributed by atoms with Crippen molar-refractivity contribution >= 4 is 35.8 Å². The van der Waals surface area contributed by atoms with Crippen LogP contribution in [0.5, 0.6) is 0 Å². The monoisotopic (exact) mass is 546 g/mol. The van der Waals surface area contributed by atoms with E-state index in [-0.39, 0.29) is 37.1 Å². The standard InChI is InChI=1S/3C4H6O6.2V/c3*5-1(3(7)8)2(6)4(9)10;;/h3*1-2,5-6H,(H,7,8)(H,9,10);;/p-6. The molecule has 0 bridgehead atoms. The second-order valence-electron chi connectivity index (χ2n) is 4.58. The molecule has 0 saturated heterocycles. The molecule has 18 nitrogen and oxygen atoms in total. The fourth-order valence-corrected chi connectivity index (χ4v) is 0.773. The SMILES string of the molecule is O=C([O-])C(O)C(O)C(=O)[O-].O=C([O-])C(O)C(O)C(=O)[O-].O=C([O-])C(O)C(O)C(=O)[O-].[V].[V]. The van der Waals surface area contributed by atoms with Gasteiger partial charge in [-0.3, -0.25) is 0 Å². The summed E-state index contributed by atoms with van der Waals surface area (Å²) in [6.45, 7) is 0. The molecule has 184 valence electrons. The Morgan fingerprint density at radius 2 is 0.406 bits per heavy atom. The molecular weight excluding hydrogens is 534 g/mol. The van der Waals surface area contributed by atoms with E-state index in [4.69, 9.17) is 30.6 Å². The van der Waals surface area contributed by atoms with Crippen LogP contribution in [-0.2, 0) is 65.9 Å². The minimum Gasteiger partial charge on any atom is -0.547 e. The van der Waals surface area contributed by atoms with Gasteiger partial charge in [0, 0.05) is 37.1 Å². The molecule has 0 heterocycles. The first-order valence-corrected chi connectivity index (χ1v) is 6.73. The molecule has 0 aliphatic carbocycles. The molecule has 6 atom stereocenters. The van der Waals surface area contributed by atoms with Crippen molar-refractivity contribution < 1.29 is 127 Å². The number of hydrogen-bond donors (Lipinski definition) is 6. The molecule has 0 aliphatic rings. The van der Waals surface area contributed by atoms with Gasteiger partial charge in [0.25, 0.3) is 0 Å². The zero-order chi connectivity index (χ0) is 24.9. The Morgan fingerprint density at radius 3 is 0.438 bits per heavy atom. The Kier molecular flexibility index (Phi) is 24.4. The third-order valence-corrected chi connectivity index (χ3v) is 2.35. The number of carbonyl (C=O) groups excluding carboxylic acids is 6. The molecule has 0 rings (SSSR count). The Morgan fingerprint density at radius 1 is 0.344 bits per heavy atom.